The Bertz CT molecular complexity index is 776. The summed E-state index contributed by atoms with van der Waals surface area (Å²) in [5.74, 6) is -1.01. The first-order valence-electron chi connectivity index (χ1n) is 7.93. The van der Waals surface area contributed by atoms with Crippen LogP contribution in [0.5, 0.6) is 0 Å². The second kappa shape index (κ2) is 4.52. The summed E-state index contributed by atoms with van der Waals surface area (Å²) in [6.45, 7) is 5.28. The summed E-state index contributed by atoms with van der Waals surface area (Å²) < 4.78 is 16.6. The van der Waals surface area contributed by atoms with Crippen molar-refractivity contribution in [2.75, 3.05) is 6.61 Å². The van der Waals surface area contributed by atoms with Crippen molar-refractivity contribution < 1.29 is 28.6 Å². The van der Waals surface area contributed by atoms with Crippen molar-refractivity contribution in [2.45, 2.75) is 50.1 Å². The lowest BCUT2D eigenvalue weighted by Crippen LogP contribution is -2.48. The summed E-state index contributed by atoms with van der Waals surface area (Å²) in [5.41, 5.74) is -2.60. The zero-order valence-corrected chi connectivity index (χ0v) is 13.8. The molecule has 2 heterocycles. The topological polar surface area (TPSA) is 82.2 Å². The smallest absolute Gasteiger partial charge is 0.309 e. The minimum absolute atomic E-state index is 0.0145. The summed E-state index contributed by atoms with van der Waals surface area (Å²) >= 11 is 0. The highest BCUT2D eigenvalue weighted by molar-refractivity contribution is 6.26. The first-order valence-corrected chi connectivity index (χ1v) is 7.93. The van der Waals surface area contributed by atoms with Crippen molar-refractivity contribution in [2.24, 2.45) is 0 Å². The van der Waals surface area contributed by atoms with Gasteiger partial charge in [-0.15, -0.1) is 0 Å². The molecule has 6 nitrogen and oxygen atoms in total. The van der Waals surface area contributed by atoms with Crippen molar-refractivity contribution in [3.05, 3.63) is 35.4 Å². The number of rotatable bonds is 2. The van der Waals surface area contributed by atoms with Gasteiger partial charge in [0.2, 0.25) is 11.6 Å². The van der Waals surface area contributed by atoms with Gasteiger partial charge in [0.1, 0.15) is 11.7 Å². The van der Waals surface area contributed by atoms with E-state index in [1.165, 1.54) is 0 Å². The Morgan fingerprint density at radius 3 is 2.46 bits per heavy atom. The van der Waals surface area contributed by atoms with Crippen molar-refractivity contribution in [3.8, 4) is 0 Å². The molecule has 1 aliphatic carbocycles. The lowest BCUT2D eigenvalue weighted by molar-refractivity contribution is -0.158. The molecule has 1 aromatic carbocycles. The van der Waals surface area contributed by atoms with Crippen LogP contribution in [0.15, 0.2) is 24.3 Å². The van der Waals surface area contributed by atoms with Crippen LogP contribution in [0.3, 0.4) is 0 Å². The van der Waals surface area contributed by atoms with Crippen LogP contribution in [-0.4, -0.2) is 47.0 Å². The molecule has 0 spiro atoms. The van der Waals surface area contributed by atoms with Crippen LogP contribution in [-0.2, 0) is 19.0 Å². The monoisotopic (exact) mass is 330 g/mol. The number of hydrogen-bond acceptors (Lipinski definition) is 6. The third kappa shape index (κ3) is 1.81. The van der Waals surface area contributed by atoms with E-state index in [4.69, 9.17) is 14.2 Å². The molecular formula is C18H18O6. The molecule has 24 heavy (non-hydrogen) atoms. The Balaban J connectivity index is 1.66. The molecule has 0 radical (unpaired) electrons. The molecule has 0 N–H and O–H groups in total. The predicted octanol–water partition coefficient (Wildman–Crippen LogP) is 1.70. The fourth-order valence-corrected chi connectivity index (χ4v) is 3.74. The SMILES string of the molecule is CC(C)(C)OC(=O)C[C@@H]1OC[C@@]23O[C@@]12C(=O)c1ccccc1C3=O. The minimum Gasteiger partial charge on any atom is -0.460 e. The van der Waals surface area contributed by atoms with Crippen LogP contribution >= 0.6 is 0 Å². The van der Waals surface area contributed by atoms with Crippen LogP contribution in [0, 0.1) is 0 Å². The number of esters is 1. The van der Waals surface area contributed by atoms with Gasteiger partial charge in [-0.3, -0.25) is 14.4 Å². The van der Waals surface area contributed by atoms with Crippen molar-refractivity contribution >= 4 is 17.5 Å². The highest BCUT2D eigenvalue weighted by Gasteiger charge is 2.87. The van der Waals surface area contributed by atoms with Gasteiger partial charge in [0, 0.05) is 11.1 Å². The molecule has 0 amide bonds. The second-order valence-corrected chi connectivity index (χ2v) is 7.46. The van der Waals surface area contributed by atoms with Crippen molar-refractivity contribution in [1.82, 2.24) is 0 Å². The summed E-state index contributed by atoms with van der Waals surface area (Å²) in [6, 6.07) is 6.65. The Kier molecular flexibility index (Phi) is 2.91. The summed E-state index contributed by atoms with van der Waals surface area (Å²) in [5, 5.41) is 0. The average Bonchev–Trinajstić information content (AvgIpc) is 3.11. The molecule has 126 valence electrons. The first-order chi connectivity index (χ1) is 11.2. The third-order valence-electron chi connectivity index (χ3n) is 4.73. The van der Waals surface area contributed by atoms with Crippen LogP contribution < -0.4 is 0 Å². The number of fused-ring (bicyclic) bond motifs is 1. The lowest BCUT2D eigenvalue weighted by atomic mass is 9.73. The molecule has 2 fully saturated rings. The number of ketones is 2. The van der Waals surface area contributed by atoms with E-state index in [0.29, 0.717) is 11.1 Å². The van der Waals surface area contributed by atoms with Gasteiger partial charge in [0.25, 0.3) is 0 Å². The molecule has 4 rings (SSSR count). The van der Waals surface area contributed by atoms with Gasteiger partial charge in [0.15, 0.2) is 11.2 Å². The lowest BCUT2D eigenvalue weighted by Gasteiger charge is -2.24. The molecule has 0 bridgehead atoms. The predicted molar refractivity (Wildman–Crippen MR) is 81.9 cm³/mol. The number of benzene rings is 1. The molecule has 0 saturated carbocycles. The van der Waals surface area contributed by atoms with E-state index in [1.807, 2.05) is 0 Å². The van der Waals surface area contributed by atoms with E-state index in [2.05, 4.69) is 0 Å². The second-order valence-electron chi connectivity index (χ2n) is 7.46. The number of ether oxygens (including phenoxy) is 3. The van der Waals surface area contributed by atoms with Gasteiger partial charge in [-0.2, -0.15) is 0 Å². The fourth-order valence-electron chi connectivity index (χ4n) is 3.74. The zero-order valence-electron chi connectivity index (χ0n) is 13.8. The number of carbonyl (C=O) groups is 3. The van der Waals surface area contributed by atoms with Gasteiger partial charge >= 0.3 is 5.97 Å². The molecule has 2 saturated heterocycles. The van der Waals surface area contributed by atoms with E-state index in [9.17, 15) is 14.4 Å². The number of hydrogen-bond donors (Lipinski definition) is 0. The van der Waals surface area contributed by atoms with E-state index in [0.717, 1.165) is 0 Å². The average molecular weight is 330 g/mol. The Labute approximate surface area is 139 Å². The minimum atomic E-state index is -1.38. The van der Waals surface area contributed by atoms with E-state index in [-0.39, 0.29) is 24.6 Å². The van der Waals surface area contributed by atoms with E-state index >= 15 is 0 Å². The first kappa shape index (κ1) is 15.5. The standard InChI is InChI=1S/C18H18O6/c1-16(2,3)23-13(19)8-12-18-15(21)11-7-5-4-6-10(11)14(20)17(18,24-18)9-22-12/h4-7,12H,8-9H2,1-3H3/t12-,17-,18+/m0/s1. The van der Waals surface area contributed by atoms with Gasteiger partial charge in [0.05, 0.1) is 13.0 Å². The van der Waals surface area contributed by atoms with Gasteiger partial charge in [-0.1, -0.05) is 24.3 Å². The molecule has 6 heteroatoms. The van der Waals surface area contributed by atoms with Crippen molar-refractivity contribution in [3.63, 3.8) is 0 Å². The largest absolute Gasteiger partial charge is 0.460 e. The van der Waals surface area contributed by atoms with Crippen LogP contribution in [0.25, 0.3) is 0 Å². The maximum Gasteiger partial charge on any atom is 0.309 e. The third-order valence-corrected chi connectivity index (χ3v) is 4.73. The Morgan fingerprint density at radius 2 is 1.83 bits per heavy atom. The van der Waals surface area contributed by atoms with Crippen LogP contribution in [0.4, 0.5) is 0 Å². The normalized spacial score (nSPS) is 33.5. The van der Waals surface area contributed by atoms with Gasteiger partial charge in [-0.25, -0.2) is 0 Å². The fraction of sp³-hybridized carbons (Fsp3) is 0.500. The molecule has 3 aliphatic rings. The number of epoxide rings is 1. The Morgan fingerprint density at radius 1 is 1.21 bits per heavy atom. The van der Waals surface area contributed by atoms with E-state index < -0.39 is 28.9 Å². The number of carbonyl (C=O) groups excluding carboxylic acids is 3. The summed E-state index contributed by atoms with van der Waals surface area (Å²) in [4.78, 5) is 37.9. The zero-order chi connectivity index (χ0) is 17.3. The highest BCUT2D eigenvalue weighted by Crippen LogP contribution is 2.62. The van der Waals surface area contributed by atoms with Crippen molar-refractivity contribution in [1.29, 1.82) is 0 Å². The maximum absolute atomic E-state index is 13.0. The highest BCUT2D eigenvalue weighted by atomic mass is 16.7. The number of Topliss-reactive ketones (excluding diaryl/α,β-unsaturated/α-hetero) is 2. The molecule has 0 aromatic heterocycles. The van der Waals surface area contributed by atoms with Gasteiger partial charge < -0.3 is 14.2 Å². The maximum atomic E-state index is 13.0. The molecule has 0 unspecified atom stereocenters. The van der Waals surface area contributed by atoms with E-state index in [1.54, 1.807) is 45.0 Å². The molecule has 1 aromatic rings. The molecule has 2 aliphatic heterocycles. The quantitative estimate of drug-likeness (QED) is 0.606. The molecule has 3 atom stereocenters. The molecular weight excluding hydrogens is 312 g/mol. The summed E-state index contributed by atoms with van der Waals surface area (Å²) in [7, 11) is 0. The Hall–Kier alpha value is -2.05. The van der Waals surface area contributed by atoms with Crippen LogP contribution in [0.1, 0.15) is 47.9 Å². The van der Waals surface area contributed by atoms with Crippen LogP contribution in [0.2, 0.25) is 0 Å². The van der Waals surface area contributed by atoms with Gasteiger partial charge in [-0.05, 0) is 20.8 Å². The summed E-state index contributed by atoms with van der Waals surface area (Å²) in [6.07, 6.45) is -0.933.